The van der Waals surface area contributed by atoms with Crippen LogP contribution in [0.2, 0.25) is 0 Å². The predicted octanol–water partition coefficient (Wildman–Crippen LogP) is 4.80. The molecule has 1 amide bonds. The summed E-state index contributed by atoms with van der Waals surface area (Å²) in [5.41, 5.74) is 4.72. The van der Waals surface area contributed by atoms with E-state index in [1.807, 2.05) is 60.0 Å². The number of aromatic nitrogens is 2. The Kier molecular flexibility index (Phi) is 5.03. The molecule has 0 saturated heterocycles. The van der Waals surface area contributed by atoms with E-state index in [-0.39, 0.29) is 5.91 Å². The number of thiazole rings is 1. The molecule has 0 atom stereocenters. The van der Waals surface area contributed by atoms with Gasteiger partial charge in [-0.1, -0.05) is 42.5 Å². The third kappa shape index (κ3) is 4.10. The van der Waals surface area contributed by atoms with Gasteiger partial charge in [0.25, 0.3) is 5.91 Å². The lowest BCUT2D eigenvalue weighted by atomic mass is 10.0. The lowest BCUT2D eigenvalue weighted by Gasteiger charge is -2.05. The monoisotopic (exact) mass is 371 g/mol. The van der Waals surface area contributed by atoms with E-state index in [1.165, 1.54) is 11.3 Å². The van der Waals surface area contributed by atoms with Gasteiger partial charge in [0.2, 0.25) is 0 Å². The van der Waals surface area contributed by atoms with E-state index in [0.29, 0.717) is 12.1 Å². The van der Waals surface area contributed by atoms with Crippen LogP contribution in [-0.4, -0.2) is 15.9 Å². The standard InChI is InChI=1S/C22H17N3OS/c26-22(18-10-8-17(9-11-18)16-5-2-1-3-6-16)24-14-21-25-20(15-27-21)19-7-4-12-23-13-19/h1-13,15H,14H2,(H,24,26). The first kappa shape index (κ1) is 17.1. The highest BCUT2D eigenvalue weighted by atomic mass is 32.1. The number of benzene rings is 2. The molecule has 0 bridgehead atoms. The fourth-order valence-electron chi connectivity index (χ4n) is 2.74. The second kappa shape index (κ2) is 7.93. The molecule has 0 fully saturated rings. The maximum absolute atomic E-state index is 12.4. The largest absolute Gasteiger partial charge is 0.346 e. The highest BCUT2D eigenvalue weighted by Crippen LogP contribution is 2.21. The molecule has 0 aliphatic heterocycles. The Morgan fingerprint density at radius 3 is 2.37 bits per heavy atom. The Labute approximate surface area is 161 Å². The molecule has 0 aliphatic carbocycles. The van der Waals surface area contributed by atoms with Crippen LogP contribution in [0.4, 0.5) is 0 Å². The van der Waals surface area contributed by atoms with Crippen molar-refractivity contribution in [1.82, 2.24) is 15.3 Å². The van der Waals surface area contributed by atoms with Crippen LogP contribution in [0, 0.1) is 0 Å². The summed E-state index contributed by atoms with van der Waals surface area (Å²) in [5, 5.41) is 5.78. The number of carbonyl (C=O) groups is 1. The number of rotatable bonds is 5. The summed E-state index contributed by atoms with van der Waals surface area (Å²) < 4.78 is 0. The summed E-state index contributed by atoms with van der Waals surface area (Å²) in [7, 11) is 0. The third-order valence-electron chi connectivity index (χ3n) is 4.16. The molecule has 0 saturated carbocycles. The van der Waals surface area contributed by atoms with Gasteiger partial charge in [0, 0.05) is 28.9 Å². The first-order valence-corrected chi connectivity index (χ1v) is 9.46. The van der Waals surface area contributed by atoms with Crippen molar-refractivity contribution in [3.8, 4) is 22.4 Å². The number of hydrogen-bond acceptors (Lipinski definition) is 4. The van der Waals surface area contributed by atoms with Crippen LogP contribution in [0.25, 0.3) is 22.4 Å². The average molecular weight is 371 g/mol. The Bertz CT molecular complexity index is 1030. The van der Waals surface area contributed by atoms with Crippen molar-refractivity contribution in [1.29, 1.82) is 0 Å². The maximum atomic E-state index is 12.4. The Balaban J connectivity index is 1.39. The van der Waals surface area contributed by atoms with Gasteiger partial charge >= 0.3 is 0 Å². The van der Waals surface area contributed by atoms with E-state index >= 15 is 0 Å². The van der Waals surface area contributed by atoms with E-state index in [0.717, 1.165) is 27.4 Å². The molecule has 0 aliphatic rings. The lowest BCUT2D eigenvalue weighted by Crippen LogP contribution is -2.22. The van der Waals surface area contributed by atoms with Crippen molar-refractivity contribution < 1.29 is 4.79 Å². The van der Waals surface area contributed by atoms with Crippen molar-refractivity contribution in [3.05, 3.63) is 95.1 Å². The Morgan fingerprint density at radius 1 is 0.889 bits per heavy atom. The van der Waals surface area contributed by atoms with Crippen molar-refractivity contribution in [2.45, 2.75) is 6.54 Å². The number of hydrogen-bond donors (Lipinski definition) is 1. The van der Waals surface area contributed by atoms with E-state index in [2.05, 4.69) is 27.4 Å². The number of carbonyl (C=O) groups excluding carboxylic acids is 1. The van der Waals surface area contributed by atoms with Gasteiger partial charge < -0.3 is 5.32 Å². The molecule has 0 spiro atoms. The zero-order valence-corrected chi connectivity index (χ0v) is 15.3. The topological polar surface area (TPSA) is 54.9 Å². The van der Waals surface area contributed by atoms with Gasteiger partial charge in [0.1, 0.15) is 5.01 Å². The van der Waals surface area contributed by atoms with Gasteiger partial charge in [-0.15, -0.1) is 11.3 Å². The normalized spacial score (nSPS) is 10.5. The molecule has 1 N–H and O–H groups in total. The number of nitrogens with zero attached hydrogens (tertiary/aromatic N) is 2. The fourth-order valence-corrected chi connectivity index (χ4v) is 3.48. The van der Waals surface area contributed by atoms with Crippen LogP contribution >= 0.6 is 11.3 Å². The van der Waals surface area contributed by atoms with E-state index in [9.17, 15) is 4.79 Å². The van der Waals surface area contributed by atoms with Crippen LogP contribution in [-0.2, 0) is 6.54 Å². The fraction of sp³-hybridized carbons (Fsp3) is 0.0455. The Hall–Kier alpha value is -3.31. The van der Waals surface area contributed by atoms with Gasteiger partial charge in [0.05, 0.1) is 12.2 Å². The molecule has 132 valence electrons. The van der Waals surface area contributed by atoms with E-state index < -0.39 is 0 Å². The van der Waals surface area contributed by atoms with Crippen LogP contribution < -0.4 is 5.32 Å². The van der Waals surface area contributed by atoms with Crippen molar-refractivity contribution in [2.24, 2.45) is 0 Å². The summed E-state index contributed by atoms with van der Waals surface area (Å²) >= 11 is 1.53. The molecule has 0 radical (unpaired) electrons. The minimum Gasteiger partial charge on any atom is -0.346 e. The minimum atomic E-state index is -0.104. The molecule has 4 nitrogen and oxygen atoms in total. The third-order valence-corrected chi connectivity index (χ3v) is 5.01. The molecule has 2 aromatic carbocycles. The zero-order valence-electron chi connectivity index (χ0n) is 14.5. The molecule has 4 rings (SSSR count). The number of pyridine rings is 1. The van der Waals surface area contributed by atoms with Gasteiger partial charge in [-0.25, -0.2) is 4.98 Å². The van der Waals surface area contributed by atoms with Crippen molar-refractivity contribution in [2.75, 3.05) is 0 Å². The lowest BCUT2D eigenvalue weighted by molar-refractivity contribution is 0.0951. The molecular weight excluding hydrogens is 354 g/mol. The molecule has 4 aromatic rings. The van der Waals surface area contributed by atoms with E-state index in [4.69, 9.17) is 0 Å². The van der Waals surface area contributed by atoms with Crippen LogP contribution in [0.5, 0.6) is 0 Å². The predicted molar refractivity (Wildman–Crippen MR) is 108 cm³/mol. The summed E-state index contributed by atoms with van der Waals surface area (Å²) in [6, 6.07) is 21.6. The second-order valence-electron chi connectivity index (χ2n) is 5.99. The van der Waals surface area contributed by atoms with Gasteiger partial charge in [-0.05, 0) is 35.4 Å². The summed E-state index contributed by atoms with van der Waals surface area (Å²) in [4.78, 5) is 21.1. The smallest absolute Gasteiger partial charge is 0.251 e. The highest BCUT2D eigenvalue weighted by Gasteiger charge is 2.09. The van der Waals surface area contributed by atoms with Crippen molar-refractivity contribution in [3.63, 3.8) is 0 Å². The summed E-state index contributed by atoms with van der Waals surface area (Å²) in [6.07, 6.45) is 3.52. The number of amides is 1. The summed E-state index contributed by atoms with van der Waals surface area (Å²) in [5.74, 6) is -0.104. The molecule has 2 heterocycles. The minimum absolute atomic E-state index is 0.104. The molecule has 0 unspecified atom stereocenters. The number of nitrogens with one attached hydrogen (secondary N) is 1. The van der Waals surface area contributed by atoms with Crippen LogP contribution in [0.1, 0.15) is 15.4 Å². The van der Waals surface area contributed by atoms with Gasteiger partial charge in [-0.3, -0.25) is 9.78 Å². The molecule has 2 aromatic heterocycles. The SMILES string of the molecule is O=C(NCc1nc(-c2cccnc2)cs1)c1ccc(-c2ccccc2)cc1. The van der Waals surface area contributed by atoms with E-state index in [1.54, 1.807) is 12.4 Å². The summed E-state index contributed by atoms with van der Waals surface area (Å²) in [6.45, 7) is 0.407. The molecule has 27 heavy (non-hydrogen) atoms. The van der Waals surface area contributed by atoms with Crippen LogP contribution in [0.3, 0.4) is 0 Å². The average Bonchev–Trinajstić information content (AvgIpc) is 3.22. The maximum Gasteiger partial charge on any atom is 0.251 e. The highest BCUT2D eigenvalue weighted by molar-refractivity contribution is 7.09. The zero-order chi connectivity index (χ0) is 18.5. The van der Waals surface area contributed by atoms with Crippen molar-refractivity contribution >= 4 is 17.2 Å². The first-order valence-electron chi connectivity index (χ1n) is 8.58. The Morgan fingerprint density at radius 2 is 1.63 bits per heavy atom. The van der Waals surface area contributed by atoms with Gasteiger partial charge in [-0.2, -0.15) is 0 Å². The molecule has 5 heteroatoms. The quantitative estimate of drug-likeness (QED) is 0.548. The van der Waals surface area contributed by atoms with Gasteiger partial charge in [0.15, 0.2) is 0 Å². The first-order chi connectivity index (χ1) is 13.3. The second-order valence-corrected chi connectivity index (χ2v) is 6.94. The van der Waals surface area contributed by atoms with Crippen LogP contribution in [0.15, 0.2) is 84.5 Å². The molecular formula is C22H17N3OS.